The average Bonchev–Trinajstić information content (AvgIpc) is 3.10. The third-order valence-corrected chi connectivity index (χ3v) is 7.27. The van der Waals surface area contributed by atoms with E-state index < -0.39 is 46.4 Å². The zero-order chi connectivity index (χ0) is 35.0. The summed E-state index contributed by atoms with van der Waals surface area (Å²) in [6.45, 7) is 0. The van der Waals surface area contributed by atoms with Gasteiger partial charge in [-0.1, -0.05) is 24.3 Å². The lowest BCUT2D eigenvalue weighted by molar-refractivity contribution is -0.384. The van der Waals surface area contributed by atoms with Gasteiger partial charge in [0.05, 0.1) is 37.4 Å². The molecule has 0 saturated carbocycles. The maximum atomic E-state index is 13.1. The van der Waals surface area contributed by atoms with Crippen molar-refractivity contribution < 1.29 is 47.1 Å². The van der Waals surface area contributed by atoms with E-state index in [2.05, 4.69) is 20.1 Å². The number of halogens is 2. The number of hydrogen-bond donors (Lipinski definition) is 2. The van der Waals surface area contributed by atoms with Gasteiger partial charge in [-0.05, 0) is 71.3 Å². The Morgan fingerprint density at radius 3 is 1.96 bits per heavy atom. The number of ketones is 1. The number of nitrogens with one attached hydrogen (secondary N) is 2. The summed E-state index contributed by atoms with van der Waals surface area (Å²) in [6, 6.07) is 18.0. The second kappa shape index (κ2) is 15.4. The minimum absolute atomic E-state index is 0.0117. The van der Waals surface area contributed by atoms with Gasteiger partial charge >= 0.3 is 17.9 Å². The Labute approximate surface area is 272 Å². The molecule has 0 bridgehead atoms. The fraction of sp³-hybridized carbons (Fsp3) is 0.176. The van der Waals surface area contributed by atoms with Crippen LogP contribution in [0.2, 0.25) is 0 Å². The molecular weight excluding hydrogens is 632 g/mol. The van der Waals surface area contributed by atoms with Crippen LogP contribution in [0.1, 0.15) is 49.5 Å². The maximum absolute atomic E-state index is 13.1. The van der Waals surface area contributed by atoms with Gasteiger partial charge < -0.3 is 24.8 Å². The van der Waals surface area contributed by atoms with Crippen LogP contribution in [0.4, 0.5) is 25.8 Å². The van der Waals surface area contributed by atoms with Crippen molar-refractivity contribution in [2.45, 2.75) is 18.5 Å². The molecule has 2 N–H and O–H groups in total. The normalized spacial score (nSPS) is 13.8. The van der Waals surface area contributed by atoms with E-state index in [0.717, 1.165) is 43.7 Å². The molecule has 5 rings (SSSR count). The SMILES string of the molecule is COC(=O)c1ccc(NC(C(=O)OC)c2ccc(F)cc2)c([N+](=O)[O-])c1.COC(=O)c1ccc2c(c1)CC(=O)C(c1ccc(F)cc1)N2. The molecule has 2 unspecified atom stereocenters. The van der Waals surface area contributed by atoms with E-state index >= 15 is 0 Å². The molecule has 2 atom stereocenters. The Balaban J connectivity index is 0.000000219. The molecule has 1 aliphatic rings. The van der Waals surface area contributed by atoms with Gasteiger partial charge in [-0.2, -0.15) is 0 Å². The highest BCUT2D eigenvalue weighted by molar-refractivity contribution is 5.96. The molecule has 1 heterocycles. The van der Waals surface area contributed by atoms with E-state index in [1.54, 1.807) is 30.3 Å². The van der Waals surface area contributed by atoms with Crippen LogP contribution in [0.25, 0.3) is 0 Å². The van der Waals surface area contributed by atoms with Gasteiger partial charge in [0.25, 0.3) is 5.69 Å². The molecule has 0 fully saturated rings. The number of nitro groups is 1. The van der Waals surface area contributed by atoms with Crippen LogP contribution in [-0.4, -0.2) is 49.9 Å². The number of ether oxygens (including phenoxy) is 3. The predicted molar refractivity (Wildman–Crippen MR) is 168 cm³/mol. The number of carbonyl (C=O) groups is 4. The number of rotatable bonds is 8. The van der Waals surface area contributed by atoms with Crippen LogP contribution >= 0.6 is 0 Å². The number of hydrogen-bond acceptors (Lipinski definition) is 11. The van der Waals surface area contributed by atoms with Crippen molar-refractivity contribution in [3.8, 4) is 0 Å². The van der Waals surface area contributed by atoms with Crippen LogP contribution in [0.3, 0.4) is 0 Å². The number of carbonyl (C=O) groups excluding carboxylic acids is 4. The molecule has 1 aliphatic heterocycles. The van der Waals surface area contributed by atoms with Gasteiger partial charge in [0.1, 0.15) is 23.4 Å². The lowest BCUT2D eigenvalue weighted by Crippen LogP contribution is -2.28. The number of fused-ring (bicyclic) bond motifs is 1. The molecule has 0 aromatic heterocycles. The summed E-state index contributed by atoms with van der Waals surface area (Å²) < 4.78 is 40.0. The largest absolute Gasteiger partial charge is 0.467 e. The van der Waals surface area contributed by atoms with Gasteiger partial charge in [-0.15, -0.1) is 0 Å². The van der Waals surface area contributed by atoms with Gasteiger partial charge in [-0.3, -0.25) is 14.9 Å². The van der Waals surface area contributed by atoms with Gasteiger partial charge in [0.15, 0.2) is 11.8 Å². The monoisotopic (exact) mass is 661 g/mol. The molecule has 0 aliphatic carbocycles. The first-order valence-electron chi connectivity index (χ1n) is 14.2. The van der Waals surface area contributed by atoms with Crippen molar-refractivity contribution in [1.29, 1.82) is 0 Å². The summed E-state index contributed by atoms with van der Waals surface area (Å²) in [5, 5.41) is 17.2. The van der Waals surface area contributed by atoms with Crippen LogP contribution in [0.5, 0.6) is 0 Å². The van der Waals surface area contributed by atoms with Crippen LogP contribution < -0.4 is 10.6 Å². The van der Waals surface area contributed by atoms with Gasteiger partial charge in [0, 0.05) is 18.2 Å². The zero-order valence-corrected chi connectivity index (χ0v) is 25.8. The number of methoxy groups -OCH3 is 3. The molecule has 0 saturated heterocycles. The minimum Gasteiger partial charge on any atom is -0.467 e. The second-order valence-corrected chi connectivity index (χ2v) is 10.3. The average molecular weight is 662 g/mol. The molecular formula is C34H29F2N3O9. The van der Waals surface area contributed by atoms with Gasteiger partial charge in [-0.25, -0.2) is 23.2 Å². The first-order chi connectivity index (χ1) is 22.9. The summed E-state index contributed by atoms with van der Waals surface area (Å²) in [4.78, 5) is 58.1. The number of Topliss-reactive ketones (excluding diaryl/α,β-unsaturated/α-hetero) is 1. The van der Waals surface area contributed by atoms with Crippen molar-refractivity contribution >= 4 is 40.8 Å². The molecule has 0 amide bonds. The fourth-order valence-corrected chi connectivity index (χ4v) is 4.83. The highest BCUT2D eigenvalue weighted by atomic mass is 19.1. The standard InChI is InChI=1S/C17H15FN2O6.C17H14FNO3/c1-25-16(21)11-5-8-13(14(9-11)20(23)24)19-15(17(22)26-2)10-3-6-12(18)7-4-10;1-22-17(21)11-4-7-14-12(8-11)9-15(20)16(19-14)10-2-5-13(18)6-3-10/h3-9,15,19H,1-2H3;2-8,16,19H,9H2,1H3. The van der Waals surface area contributed by atoms with Crippen molar-refractivity contribution in [1.82, 2.24) is 0 Å². The summed E-state index contributed by atoms with van der Waals surface area (Å²) in [5.74, 6) is -2.75. The fourth-order valence-electron chi connectivity index (χ4n) is 4.83. The van der Waals surface area contributed by atoms with E-state index in [1.165, 1.54) is 43.5 Å². The molecule has 14 heteroatoms. The van der Waals surface area contributed by atoms with E-state index in [1.807, 2.05) is 0 Å². The van der Waals surface area contributed by atoms with E-state index in [-0.39, 0.29) is 29.3 Å². The Hall–Kier alpha value is -6.18. The van der Waals surface area contributed by atoms with E-state index in [9.17, 15) is 38.1 Å². The Bertz CT molecular complexity index is 1850. The highest BCUT2D eigenvalue weighted by Crippen LogP contribution is 2.32. The quantitative estimate of drug-likeness (QED) is 0.102. The molecule has 48 heavy (non-hydrogen) atoms. The highest BCUT2D eigenvalue weighted by Gasteiger charge is 2.28. The summed E-state index contributed by atoms with van der Waals surface area (Å²) in [6.07, 6.45) is 0.217. The minimum atomic E-state index is -1.11. The molecule has 0 radical (unpaired) electrons. The Morgan fingerprint density at radius 1 is 0.833 bits per heavy atom. The van der Waals surface area contributed by atoms with Crippen molar-refractivity contribution in [3.05, 3.63) is 134 Å². The third-order valence-electron chi connectivity index (χ3n) is 7.27. The lowest BCUT2D eigenvalue weighted by Gasteiger charge is -2.26. The predicted octanol–water partition coefficient (Wildman–Crippen LogP) is 5.74. The maximum Gasteiger partial charge on any atom is 0.338 e. The Kier molecular flexibility index (Phi) is 11.1. The number of nitrogens with zero attached hydrogens (tertiary/aromatic N) is 1. The van der Waals surface area contributed by atoms with Crippen molar-refractivity contribution in [2.75, 3.05) is 32.0 Å². The number of esters is 3. The summed E-state index contributed by atoms with van der Waals surface area (Å²) in [7, 11) is 3.63. The summed E-state index contributed by atoms with van der Waals surface area (Å²) >= 11 is 0. The first-order valence-corrected chi connectivity index (χ1v) is 14.2. The topological polar surface area (TPSA) is 163 Å². The second-order valence-electron chi connectivity index (χ2n) is 10.3. The van der Waals surface area contributed by atoms with E-state index in [4.69, 9.17) is 4.74 Å². The van der Waals surface area contributed by atoms with Crippen LogP contribution in [0.15, 0.2) is 84.9 Å². The molecule has 0 spiro atoms. The number of anilines is 2. The number of nitro benzene ring substituents is 1. The van der Waals surface area contributed by atoms with Gasteiger partial charge in [0.2, 0.25) is 0 Å². The summed E-state index contributed by atoms with van der Waals surface area (Å²) in [5.41, 5.74) is 2.58. The first kappa shape index (κ1) is 34.7. The smallest absolute Gasteiger partial charge is 0.338 e. The zero-order valence-electron chi connectivity index (χ0n) is 25.8. The van der Waals surface area contributed by atoms with E-state index in [0.29, 0.717) is 16.7 Å². The molecule has 4 aromatic rings. The van der Waals surface area contributed by atoms with Crippen LogP contribution in [-0.2, 0) is 30.2 Å². The van der Waals surface area contributed by atoms with Crippen molar-refractivity contribution in [2.24, 2.45) is 0 Å². The molecule has 12 nitrogen and oxygen atoms in total. The van der Waals surface area contributed by atoms with Crippen LogP contribution in [0, 0.1) is 21.7 Å². The molecule has 4 aromatic carbocycles. The lowest BCUT2D eigenvalue weighted by atomic mass is 9.91. The Morgan fingerprint density at radius 2 is 1.40 bits per heavy atom. The third kappa shape index (κ3) is 8.15. The van der Waals surface area contributed by atoms with Crippen molar-refractivity contribution in [3.63, 3.8) is 0 Å². The number of benzene rings is 4. The molecule has 248 valence electrons.